The van der Waals surface area contributed by atoms with Crippen molar-refractivity contribution in [3.05, 3.63) is 47.8 Å². The van der Waals surface area contributed by atoms with Gasteiger partial charge in [0.2, 0.25) is 5.95 Å². The Morgan fingerprint density at radius 2 is 1.92 bits per heavy atom. The summed E-state index contributed by atoms with van der Waals surface area (Å²) >= 11 is 6.11. The summed E-state index contributed by atoms with van der Waals surface area (Å²) in [6.45, 7) is 1.82. The molecule has 124 valence electrons. The van der Waals surface area contributed by atoms with Crippen LogP contribution in [-0.4, -0.2) is 29.5 Å². The second kappa shape index (κ2) is 6.75. The zero-order valence-corrected chi connectivity index (χ0v) is 13.7. The van der Waals surface area contributed by atoms with Gasteiger partial charge in [-0.05, 0) is 6.92 Å². The van der Waals surface area contributed by atoms with Gasteiger partial charge >= 0.3 is 0 Å². The lowest BCUT2D eigenvalue weighted by Gasteiger charge is -2.13. The molecule has 3 aromatic rings. The fourth-order valence-electron chi connectivity index (χ4n) is 1.93. The summed E-state index contributed by atoms with van der Waals surface area (Å²) in [5, 5.41) is 6.42. The van der Waals surface area contributed by atoms with Crippen LogP contribution < -0.4 is 10.6 Å². The number of imidazole rings is 1. The van der Waals surface area contributed by atoms with Crippen molar-refractivity contribution in [2.24, 2.45) is 7.05 Å². The van der Waals surface area contributed by atoms with Gasteiger partial charge in [-0.15, -0.1) is 0 Å². The van der Waals surface area contributed by atoms with Gasteiger partial charge in [0.15, 0.2) is 11.6 Å². The molecule has 24 heavy (non-hydrogen) atoms. The maximum Gasteiger partial charge on any atom is 0.225 e. The Morgan fingerprint density at radius 3 is 2.58 bits per heavy atom. The first-order valence-corrected chi connectivity index (χ1v) is 7.40. The Bertz CT molecular complexity index is 835. The largest absolute Gasteiger partial charge is 0.344 e. The maximum atomic E-state index is 12.9. The van der Waals surface area contributed by atoms with E-state index in [2.05, 4.69) is 35.6 Å². The summed E-state index contributed by atoms with van der Waals surface area (Å²) in [5.74, 6) is 1.29. The third-order valence-electron chi connectivity index (χ3n) is 3.07. The fraction of sp³-hybridized carbons (Fsp3) is 0.214. The van der Waals surface area contributed by atoms with E-state index in [0.717, 1.165) is 12.4 Å². The van der Waals surface area contributed by atoms with Crippen molar-refractivity contribution in [2.45, 2.75) is 13.0 Å². The summed E-state index contributed by atoms with van der Waals surface area (Å²) in [4.78, 5) is 20.4. The molecular weight excluding hydrogens is 335 g/mol. The van der Waals surface area contributed by atoms with Crippen LogP contribution in [0.25, 0.3) is 0 Å². The molecule has 0 aromatic carbocycles. The van der Waals surface area contributed by atoms with E-state index in [-0.39, 0.29) is 6.04 Å². The Labute approximate surface area is 142 Å². The number of rotatable bonds is 5. The minimum absolute atomic E-state index is 0.311. The van der Waals surface area contributed by atoms with Crippen molar-refractivity contribution in [2.75, 3.05) is 10.6 Å². The van der Waals surface area contributed by atoms with E-state index in [4.69, 9.17) is 11.6 Å². The van der Waals surface area contributed by atoms with Crippen LogP contribution in [0.2, 0.25) is 5.02 Å². The van der Waals surface area contributed by atoms with E-state index in [0.29, 0.717) is 28.4 Å². The van der Waals surface area contributed by atoms with E-state index in [1.165, 1.54) is 6.20 Å². The first-order chi connectivity index (χ1) is 11.5. The summed E-state index contributed by atoms with van der Waals surface area (Å²) in [5.41, 5.74) is 0. The Balaban J connectivity index is 1.76. The Hall–Kier alpha value is -2.81. The number of hydrogen-bond acceptors (Lipinski definition) is 7. The molecule has 0 saturated carbocycles. The van der Waals surface area contributed by atoms with Crippen molar-refractivity contribution < 1.29 is 4.39 Å². The predicted octanol–water partition coefficient (Wildman–Crippen LogP) is 2.71. The summed E-state index contributed by atoms with van der Waals surface area (Å²) in [7, 11) is 1.86. The molecule has 0 aliphatic rings. The molecule has 0 saturated heterocycles. The van der Waals surface area contributed by atoms with E-state index < -0.39 is 5.82 Å². The molecule has 0 amide bonds. The second-order valence-electron chi connectivity index (χ2n) is 5.07. The molecule has 10 heteroatoms. The second-order valence-corrected chi connectivity index (χ2v) is 5.47. The van der Waals surface area contributed by atoms with Crippen molar-refractivity contribution in [3.63, 3.8) is 0 Å². The summed E-state index contributed by atoms with van der Waals surface area (Å²) in [6, 6.07) is -0.311. The summed E-state index contributed by atoms with van der Waals surface area (Å²) < 4.78 is 14.7. The van der Waals surface area contributed by atoms with Crippen LogP contribution in [0.15, 0.2) is 31.1 Å². The highest BCUT2D eigenvalue weighted by molar-refractivity contribution is 6.32. The number of aromatic nitrogens is 6. The molecule has 0 bridgehead atoms. The molecule has 2 N–H and O–H groups in total. The lowest BCUT2D eigenvalue weighted by Crippen LogP contribution is -2.13. The van der Waals surface area contributed by atoms with Crippen LogP contribution >= 0.6 is 11.6 Å². The standard InChI is InChI=1S/C14H14ClFN8/c1-8(12-17-3-9(16)4-18-12)21-14-19-5-10(15)13(23-14)22-11-6-24(2)7-20-11/h3-8H,1-2H3,(H2,19,21,22,23). The number of hydrogen-bond donors (Lipinski definition) is 2. The van der Waals surface area contributed by atoms with E-state index in [9.17, 15) is 4.39 Å². The van der Waals surface area contributed by atoms with Crippen LogP contribution in [0.4, 0.5) is 22.0 Å². The minimum atomic E-state index is -0.490. The lowest BCUT2D eigenvalue weighted by molar-refractivity contribution is 0.604. The quantitative estimate of drug-likeness (QED) is 0.732. The maximum absolute atomic E-state index is 12.9. The number of nitrogens with one attached hydrogen (secondary N) is 2. The van der Waals surface area contributed by atoms with Gasteiger partial charge in [-0.1, -0.05) is 11.6 Å². The molecule has 1 unspecified atom stereocenters. The van der Waals surface area contributed by atoms with Gasteiger partial charge in [0.05, 0.1) is 31.0 Å². The van der Waals surface area contributed by atoms with Gasteiger partial charge < -0.3 is 15.2 Å². The van der Waals surface area contributed by atoms with Crippen molar-refractivity contribution >= 4 is 29.2 Å². The molecule has 0 spiro atoms. The normalized spacial score (nSPS) is 12.0. The van der Waals surface area contributed by atoms with Crippen LogP contribution in [0.5, 0.6) is 0 Å². The first-order valence-electron chi connectivity index (χ1n) is 7.03. The smallest absolute Gasteiger partial charge is 0.225 e. The highest BCUT2D eigenvalue weighted by Crippen LogP contribution is 2.23. The number of halogens is 2. The predicted molar refractivity (Wildman–Crippen MR) is 87.6 cm³/mol. The monoisotopic (exact) mass is 348 g/mol. The zero-order chi connectivity index (χ0) is 17.1. The summed E-state index contributed by atoms with van der Waals surface area (Å²) in [6.07, 6.45) is 7.14. The molecule has 3 rings (SSSR count). The van der Waals surface area contributed by atoms with Gasteiger partial charge in [0.1, 0.15) is 16.7 Å². The number of nitrogens with zero attached hydrogens (tertiary/aromatic N) is 6. The van der Waals surface area contributed by atoms with Gasteiger partial charge in [-0.25, -0.2) is 24.3 Å². The highest BCUT2D eigenvalue weighted by Gasteiger charge is 2.12. The fourth-order valence-corrected chi connectivity index (χ4v) is 2.07. The van der Waals surface area contributed by atoms with Crippen LogP contribution in [0.3, 0.4) is 0 Å². The molecule has 3 heterocycles. The van der Waals surface area contributed by atoms with E-state index in [1.807, 2.05) is 14.0 Å². The van der Waals surface area contributed by atoms with Crippen molar-refractivity contribution in [3.8, 4) is 0 Å². The van der Waals surface area contributed by atoms with Crippen LogP contribution in [0, 0.1) is 5.82 Å². The van der Waals surface area contributed by atoms with Crippen LogP contribution in [-0.2, 0) is 7.05 Å². The molecule has 0 aliphatic carbocycles. The molecule has 0 aliphatic heterocycles. The van der Waals surface area contributed by atoms with Gasteiger partial charge in [-0.3, -0.25) is 0 Å². The van der Waals surface area contributed by atoms with E-state index >= 15 is 0 Å². The van der Waals surface area contributed by atoms with Crippen molar-refractivity contribution in [1.29, 1.82) is 0 Å². The lowest BCUT2D eigenvalue weighted by atomic mass is 10.3. The van der Waals surface area contributed by atoms with Crippen molar-refractivity contribution in [1.82, 2.24) is 29.5 Å². The average molecular weight is 349 g/mol. The van der Waals surface area contributed by atoms with Gasteiger partial charge in [0, 0.05) is 13.2 Å². The van der Waals surface area contributed by atoms with Crippen LogP contribution in [0.1, 0.15) is 18.8 Å². The Kier molecular flexibility index (Phi) is 4.52. The Morgan fingerprint density at radius 1 is 1.17 bits per heavy atom. The van der Waals surface area contributed by atoms with Gasteiger partial charge in [-0.2, -0.15) is 4.98 Å². The molecular formula is C14H14ClFN8. The third kappa shape index (κ3) is 3.74. The third-order valence-corrected chi connectivity index (χ3v) is 3.35. The zero-order valence-electron chi connectivity index (χ0n) is 12.9. The number of anilines is 3. The molecule has 3 aromatic heterocycles. The SMILES string of the molecule is CC(Nc1ncc(Cl)c(Nc2cn(C)cn2)n1)c1ncc(F)cn1. The first kappa shape index (κ1) is 16.1. The average Bonchev–Trinajstić information content (AvgIpc) is 2.96. The molecule has 0 fully saturated rings. The molecule has 1 atom stereocenters. The van der Waals surface area contributed by atoms with E-state index in [1.54, 1.807) is 17.1 Å². The molecule has 0 radical (unpaired) electrons. The van der Waals surface area contributed by atoms with Gasteiger partial charge in [0.25, 0.3) is 0 Å². The number of aryl methyl sites for hydroxylation is 1. The molecule has 8 nitrogen and oxygen atoms in total. The minimum Gasteiger partial charge on any atom is -0.344 e. The highest BCUT2D eigenvalue weighted by atomic mass is 35.5. The topological polar surface area (TPSA) is 93.4 Å².